The number of rotatable bonds is 6. The van der Waals surface area contributed by atoms with Gasteiger partial charge in [-0.05, 0) is 35.9 Å². The Morgan fingerprint density at radius 1 is 1.08 bits per heavy atom. The average molecular weight is 366 g/mol. The van der Waals surface area contributed by atoms with Gasteiger partial charge in [0.25, 0.3) is 0 Å². The van der Waals surface area contributed by atoms with E-state index in [1.54, 1.807) is 0 Å². The highest BCUT2D eigenvalue weighted by Gasteiger charge is 2.22. The van der Waals surface area contributed by atoms with Gasteiger partial charge in [0.1, 0.15) is 16.6 Å². The van der Waals surface area contributed by atoms with E-state index in [4.69, 9.17) is 4.74 Å². The number of esters is 1. The summed E-state index contributed by atoms with van der Waals surface area (Å²) in [5, 5.41) is 0.710. The molecule has 0 N–H and O–H groups in total. The van der Waals surface area contributed by atoms with Crippen molar-refractivity contribution in [1.29, 1.82) is 0 Å². The van der Waals surface area contributed by atoms with Gasteiger partial charge in [-0.25, -0.2) is 9.78 Å². The molecule has 2 aromatic carbocycles. The molecule has 26 heavy (non-hydrogen) atoms. The first-order valence-electron chi connectivity index (χ1n) is 8.61. The van der Waals surface area contributed by atoms with E-state index < -0.39 is 0 Å². The lowest BCUT2D eigenvalue weighted by atomic mass is 10.1. The second-order valence-corrected chi connectivity index (χ2v) is 6.77. The van der Waals surface area contributed by atoms with Crippen LogP contribution in [0.1, 0.15) is 29.7 Å². The summed E-state index contributed by atoms with van der Waals surface area (Å²) < 4.78 is 7.44. The molecule has 5 heteroatoms. The zero-order chi connectivity index (χ0) is 18.5. The fourth-order valence-electron chi connectivity index (χ4n) is 2.83. The van der Waals surface area contributed by atoms with Crippen LogP contribution in [0.25, 0.3) is 11.1 Å². The van der Waals surface area contributed by atoms with E-state index in [0.717, 1.165) is 29.8 Å². The molecule has 1 aromatic heterocycles. The van der Waals surface area contributed by atoms with Gasteiger partial charge in [0, 0.05) is 13.5 Å². The third-order valence-electron chi connectivity index (χ3n) is 4.19. The maximum absolute atomic E-state index is 12.7. The number of aromatic nitrogens is 2. The number of benzene rings is 2. The third kappa shape index (κ3) is 3.83. The highest BCUT2D eigenvalue weighted by atomic mass is 32.2. The molecule has 0 saturated carbocycles. The summed E-state index contributed by atoms with van der Waals surface area (Å²) in [6, 6.07) is 17.7. The van der Waals surface area contributed by atoms with E-state index in [0.29, 0.717) is 16.5 Å². The normalized spacial score (nSPS) is 10.7. The van der Waals surface area contributed by atoms with Gasteiger partial charge < -0.3 is 9.30 Å². The molecule has 0 aliphatic rings. The van der Waals surface area contributed by atoms with Crippen LogP contribution in [0, 0.1) is 0 Å². The average Bonchev–Trinajstić information content (AvgIpc) is 2.99. The molecule has 134 valence electrons. The Kier molecular flexibility index (Phi) is 5.78. The molecule has 0 atom stereocenters. The van der Waals surface area contributed by atoms with Crippen molar-refractivity contribution < 1.29 is 9.53 Å². The lowest BCUT2D eigenvalue weighted by molar-refractivity contribution is 0.0720. The number of carbonyl (C=O) groups excluding carboxylic acids is 1. The maximum atomic E-state index is 12.7. The van der Waals surface area contributed by atoms with Crippen LogP contribution >= 0.6 is 11.8 Å². The Balaban J connectivity index is 1.80. The van der Waals surface area contributed by atoms with Crippen molar-refractivity contribution in [2.75, 3.05) is 6.26 Å². The molecule has 0 aliphatic heterocycles. The molecule has 0 aliphatic carbocycles. The lowest BCUT2D eigenvalue weighted by Gasteiger charge is -2.08. The molecule has 3 rings (SSSR count). The molecule has 0 spiro atoms. The molecule has 0 unspecified atom stereocenters. The first kappa shape index (κ1) is 18.3. The molecular weight excluding hydrogens is 344 g/mol. The molecule has 4 nitrogen and oxygen atoms in total. The van der Waals surface area contributed by atoms with Crippen LogP contribution in [0.2, 0.25) is 0 Å². The summed E-state index contributed by atoms with van der Waals surface area (Å²) in [6.07, 6.45) is 3.74. The van der Waals surface area contributed by atoms with E-state index in [9.17, 15) is 4.79 Å². The van der Waals surface area contributed by atoms with Crippen LogP contribution in [0.3, 0.4) is 0 Å². The number of carbonyl (C=O) groups is 1. The smallest absolute Gasteiger partial charge is 0.363 e. The maximum Gasteiger partial charge on any atom is 0.363 e. The zero-order valence-corrected chi connectivity index (χ0v) is 16.0. The Labute approximate surface area is 158 Å². The Hall–Kier alpha value is -2.53. The topological polar surface area (TPSA) is 44.1 Å². The summed E-state index contributed by atoms with van der Waals surface area (Å²) in [6.45, 7) is 2.10. The largest absolute Gasteiger partial charge is 0.422 e. The zero-order valence-electron chi connectivity index (χ0n) is 15.2. The molecule has 0 amide bonds. The van der Waals surface area contributed by atoms with E-state index >= 15 is 0 Å². The number of imidazole rings is 1. The standard InChI is InChI=1S/C21H22N2O2S/c1-4-8-18-22-20(26-3)19(23(18)2)21(24)25-17-13-11-16(12-14-17)15-9-6-5-7-10-15/h5-7,9-14H,4,8H2,1-3H3. The SMILES string of the molecule is CCCc1nc(SC)c(C(=O)Oc2ccc(-c3ccccc3)cc2)n1C. The van der Waals surface area contributed by atoms with Crippen molar-refractivity contribution in [3.8, 4) is 16.9 Å². The Morgan fingerprint density at radius 2 is 1.73 bits per heavy atom. The van der Waals surface area contributed by atoms with Crippen molar-refractivity contribution in [3.05, 3.63) is 66.1 Å². The van der Waals surface area contributed by atoms with Crippen LogP contribution in [0.5, 0.6) is 5.75 Å². The van der Waals surface area contributed by atoms with Gasteiger partial charge in [-0.15, -0.1) is 11.8 Å². The van der Waals surface area contributed by atoms with Gasteiger partial charge in [-0.1, -0.05) is 49.4 Å². The summed E-state index contributed by atoms with van der Waals surface area (Å²) in [4.78, 5) is 17.3. The monoisotopic (exact) mass is 366 g/mol. The molecule has 0 saturated heterocycles. The Bertz CT molecular complexity index is 886. The van der Waals surface area contributed by atoms with Gasteiger partial charge in [0.15, 0.2) is 5.69 Å². The summed E-state index contributed by atoms with van der Waals surface area (Å²) >= 11 is 1.46. The van der Waals surface area contributed by atoms with E-state index in [1.165, 1.54) is 11.8 Å². The summed E-state index contributed by atoms with van der Waals surface area (Å²) in [5.41, 5.74) is 2.72. The quantitative estimate of drug-likeness (QED) is 0.351. The Morgan fingerprint density at radius 3 is 2.35 bits per heavy atom. The summed E-state index contributed by atoms with van der Waals surface area (Å²) in [5.74, 6) is 1.06. The van der Waals surface area contributed by atoms with Crippen molar-refractivity contribution in [1.82, 2.24) is 9.55 Å². The minimum atomic E-state index is -0.376. The number of hydrogen-bond acceptors (Lipinski definition) is 4. The third-order valence-corrected chi connectivity index (χ3v) is 4.86. The van der Waals surface area contributed by atoms with Gasteiger partial charge in [-0.2, -0.15) is 0 Å². The van der Waals surface area contributed by atoms with Gasteiger partial charge in [0.05, 0.1) is 0 Å². The predicted octanol–water partition coefficient (Wildman–Crippen LogP) is 4.98. The van der Waals surface area contributed by atoms with Gasteiger partial charge in [0.2, 0.25) is 0 Å². The van der Waals surface area contributed by atoms with Crippen LogP contribution < -0.4 is 4.74 Å². The number of nitrogens with zero attached hydrogens (tertiary/aromatic N) is 2. The number of aryl methyl sites for hydroxylation is 1. The first-order chi connectivity index (χ1) is 12.6. The minimum Gasteiger partial charge on any atom is -0.422 e. The number of ether oxygens (including phenoxy) is 1. The molecule has 0 radical (unpaired) electrons. The molecule has 0 fully saturated rings. The number of hydrogen-bond donors (Lipinski definition) is 0. The molecule has 1 heterocycles. The van der Waals surface area contributed by atoms with Crippen molar-refractivity contribution >= 4 is 17.7 Å². The van der Waals surface area contributed by atoms with Crippen molar-refractivity contribution in [2.45, 2.75) is 24.8 Å². The second kappa shape index (κ2) is 8.23. The second-order valence-electron chi connectivity index (χ2n) is 5.97. The van der Waals surface area contributed by atoms with Crippen LogP contribution in [0.15, 0.2) is 59.6 Å². The highest BCUT2D eigenvalue weighted by molar-refractivity contribution is 7.98. The molecule has 0 bridgehead atoms. The highest BCUT2D eigenvalue weighted by Crippen LogP contribution is 2.25. The van der Waals surface area contributed by atoms with Crippen LogP contribution in [-0.4, -0.2) is 21.8 Å². The fraction of sp³-hybridized carbons (Fsp3) is 0.238. The predicted molar refractivity (Wildman–Crippen MR) is 106 cm³/mol. The van der Waals surface area contributed by atoms with E-state index in [-0.39, 0.29) is 5.97 Å². The fourth-order valence-corrected chi connectivity index (χ4v) is 3.44. The first-order valence-corrected chi connectivity index (χ1v) is 9.83. The minimum absolute atomic E-state index is 0.376. The molecular formula is C21H22N2O2S. The summed E-state index contributed by atoms with van der Waals surface area (Å²) in [7, 11) is 1.87. The van der Waals surface area contributed by atoms with Crippen LogP contribution in [0.4, 0.5) is 0 Å². The van der Waals surface area contributed by atoms with E-state index in [1.807, 2.05) is 60.3 Å². The van der Waals surface area contributed by atoms with Gasteiger partial charge >= 0.3 is 5.97 Å². The van der Waals surface area contributed by atoms with Crippen molar-refractivity contribution in [3.63, 3.8) is 0 Å². The number of thioether (sulfide) groups is 1. The molecule has 3 aromatic rings. The van der Waals surface area contributed by atoms with Gasteiger partial charge in [-0.3, -0.25) is 0 Å². The van der Waals surface area contributed by atoms with Crippen molar-refractivity contribution in [2.24, 2.45) is 7.05 Å². The lowest BCUT2D eigenvalue weighted by Crippen LogP contribution is -2.15. The van der Waals surface area contributed by atoms with E-state index in [2.05, 4.69) is 24.0 Å². The van der Waals surface area contributed by atoms with Crippen LogP contribution in [-0.2, 0) is 13.5 Å².